The SMILES string of the molecule is N#Cc1ccc(C2=CCN(Cc3ccc4c(c3)[nH]c(=O)c3c(F)ccn34)CC2)nc1. The predicted octanol–water partition coefficient (Wildman–Crippen LogP) is 3.48. The summed E-state index contributed by atoms with van der Waals surface area (Å²) in [5, 5.41) is 8.90. The maximum Gasteiger partial charge on any atom is 0.275 e. The molecule has 1 aliphatic heterocycles. The fraction of sp³-hybridized carbons (Fsp3) is 0.174. The number of aromatic amines is 1. The minimum absolute atomic E-state index is 0.0420. The molecule has 0 atom stereocenters. The van der Waals surface area contributed by atoms with Crippen molar-refractivity contribution in [3.05, 3.63) is 87.9 Å². The van der Waals surface area contributed by atoms with Crippen LogP contribution in [0.2, 0.25) is 0 Å². The van der Waals surface area contributed by atoms with Crippen molar-refractivity contribution in [1.82, 2.24) is 19.3 Å². The van der Waals surface area contributed by atoms with Gasteiger partial charge in [0.25, 0.3) is 5.56 Å². The summed E-state index contributed by atoms with van der Waals surface area (Å²) < 4.78 is 15.4. The number of rotatable bonds is 3. The number of aromatic nitrogens is 3. The Kier molecular flexibility index (Phi) is 4.42. The van der Waals surface area contributed by atoms with E-state index in [1.165, 1.54) is 11.6 Å². The number of hydrogen-bond donors (Lipinski definition) is 1. The summed E-state index contributed by atoms with van der Waals surface area (Å²) in [7, 11) is 0. The lowest BCUT2D eigenvalue weighted by Gasteiger charge is -2.26. The first-order valence-corrected chi connectivity index (χ1v) is 9.72. The minimum atomic E-state index is -0.519. The summed E-state index contributed by atoms with van der Waals surface area (Å²) in [5.41, 5.74) is 4.82. The number of hydrogen-bond acceptors (Lipinski definition) is 4. The Morgan fingerprint density at radius 2 is 2.13 bits per heavy atom. The van der Waals surface area contributed by atoms with Crippen LogP contribution in [0.3, 0.4) is 0 Å². The van der Waals surface area contributed by atoms with E-state index < -0.39 is 11.4 Å². The fourth-order valence-electron chi connectivity index (χ4n) is 4.00. The third-order valence-corrected chi connectivity index (χ3v) is 5.54. The molecule has 1 N–H and O–H groups in total. The van der Waals surface area contributed by atoms with Crippen LogP contribution in [0.5, 0.6) is 0 Å². The molecule has 4 heterocycles. The zero-order valence-corrected chi connectivity index (χ0v) is 16.1. The average molecular weight is 399 g/mol. The average Bonchev–Trinajstić information content (AvgIpc) is 3.17. The second kappa shape index (κ2) is 7.25. The maximum absolute atomic E-state index is 13.8. The monoisotopic (exact) mass is 399 g/mol. The number of nitriles is 1. The molecule has 0 radical (unpaired) electrons. The topological polar surface area (TPSA) is 77.2 Å². The second-order valence-corrected chi connectivity index (χ2v) is 7.45. The van der Waals surface area contributed by atoms with Crippen LogP contribution in [0.25, 0.3) is 22.1 Å². The molecule has 148 valence electrons. The lowest BCUT2D eigenvalue weighted by Crippen LogP contribution is -2.28. The molecule has 0 bridgehead atoms. The molecule has 6 nitrogen and oxygen atoms in total. The van der Waals surface area contributed by atoms with Crippen LogP contribution in [0, 0.1) is 17.1 Å². The van der Waals surface area contributed by atoms with E-state index in [0.29, 0.717) is 11.1 Å². The minimum Gasteiger partial charge on any atom is -0.319 e. The van der Waals surface area contributed by atoms with E-state index in [1.807, 2.05) is 24.3 Å². The molecule has 7 heteroatoms. The van der Waals surface area contributed by atoms with Crippen molar-refractivity contribution in [2.75, 3.05) is 13.1 Å². The van der Waals surface area contributed by atoms with Crippen LogP contribution in [0.15, 0.2) is 59.7 Å². The zero-order valence-electron chi connectivity index (χ0n) is 16.1. The molecular formula is C23H18FN5O. The van der Waals surface area contributed by atoms with E-state index in [-0.39, 0.29) is 5.52 Å². The highest BCUT2D eigenvalue weighted by molar-refractivity contribution is 5.79. The summed E-state index contributed by atoms with van der Waals surface area (Å²) in [4.78, 5) is 21.7. The van der Waals surface area contributed by atoms with Crippen molar-refractivity contribution in [2.45, 2.75) is 13.0 Å². The summed E-state index contributed by atoms with van der Waals surface area (Å²) in [6.07, 6.45) is 6.24. The number of H-pyrrole nitrogens is 1. The van der Waals surface area contributed by atoms with Gasteiger partial charge >= 0.3 is 0 Å². The number of nitrogens with one attached hydrogen (secondary N) is 1. The van der Waals surface area contributed by atoms with Gasteiger partial charge in [0.15, 0.2) is 5.82 Å². The van der Waals surface area contributed by atoms with Crippen LogP contribution in [-0.2, 0) is 6.54 Å². The van der Waals surface area contributed by atoms with Crippen molar-refractivity contribution < 1.29 is 4.39 Å². The number of pyridine rings is 1. The molecule has 0 fully saturated rings. The Bertz CT molecular complexity index is 1390. The maximum atomic E-state index is 13.8. The highest BCUT2D eigenvalue weighted by Crippen LogP contribution is 2.23. The van der Waals surface area contributed by atoms with Gasteiger partial charge in [-0.2, -0.15) is 5.26 Å². The zero-order chi connectivity index (χ0) is 20.7. The lowest BCUT2D eigenvalue weighted by molar-refractivity contribution is 0.294. The smallest absolute Gasteiger partial charge is 0.275 e. The van der Waals surface area contributed by atoms with Gasteiger partial charge in [0.05, 0.1) is 22.3 Å². The molecule has 0 saturated carbocycles. The van der Waals surface area contributed by atoms with Crippen molar-refractivity contribution in [3.8, 4) is 6.07 Å². The van der Waals surface area contributed by atoms with Crippen LogP contribution >= 0.6 is 0 Å². The molecule has 3 aromatic heterocycles. The van der Waals surface area contributed by atoms with Crippen molar-refractivity contribution >= 4 is 22.1 Å². The largest absolute Gasteiger partial charge is 0.319 e. The molecule has 0 saturated heterocycles. The number of fused-ring (bicyclic) bond motifs is 3. The van der Waals surface area contributed by atoms with Gasteiger partial charge in [-0.3, -0.25) is 14.7 Å². The first kappa shape index (κ1) is 18.3. The first-order chi connectivity index (χ1) is 14.6. The molecule has 4 aromatic rings. The van der Waals surface area contributed by atoms with Gasteiger partial charge in [0.2, 0.25) is 0 Å². The molecule has 30 heavy (non-hydrogen) atoms. The summed E-state index contributed by atoms with van der Waals surface area (Å²) in [6.45, 7) is 2.44. The Hall–Kier alpha value is -3.76. The molecule has 0 unspecified atom stereocenters. The van der Waals surface area contributed by atoms with Crippen LogP contribution in [-0.4, -0.2) is 32.4 Å². The molecule has 1 aliphatic rings. The first-order valence-electron chi connectivity index (χ1n) is 9.72. The lowest BCUT2D eigenvalue weighted by atomic mass is 10.0. The quantitative estimate of drug-likeness (QED) is 0.572. The Balaban J connectivity index is 1.36. The molecule has 5 rings (SSSR count). The standard InChI is InChI=1S/C23H18FN5O/c24-18-7-10-29-21-4-2-15(11-20(21)27-23(30)22(18)29)14-28-8-5-17(6-9-28)19-3-1-16(12-25)13-26-19/h1-5,7,10-11,13H,6,8-9,14H2,(H,27,30). The second-order valence-electron chi connectivity index (χ2n) is 7.45. The van der Waals surface area contributed by atoms with E-state index >= 15 is 0 Å². The highest BCUT2D eigenvalue weighted by Gasteiger charge is 2.15. The highest BCUT2D eigenvalue weighted by atomic mass is 19.1. The number of halogens is 1. The molecule has 0 spiro atoms. The van der Waals surface area contributed by atoms with Crippen molar-refractivity contribution in [2.24, 2.45) is 0 Å². The van der Waals surface area contributed by atoms with E-state index in [0.717, 1.165) is 42.8 Å². The molecule has 1 aromatic carbocycles. The van der Waals surface area contributed by atoms with Crippen LogP contribution < -0.4 is 5.56 Å². The van der Waals surface area contributed by atoms with Gasteiger partial charge in [-0.25, -0.2) is 4.39 Å². The van der Waals surface area contributed by atoms with Gasteiger partial charge in [-0.1, -0.05) is 12.1 Å². The molecular weight excluding hydrogens is 381 g/mol. The third kappa shape index (κ3) is 3.17. The molecule has 0 amide bonds. The number of nitrogens with zero attached hydrogens (tertiary/aromatic N) is 4. The summed E-state index contributed by atoms with van der Waals surface area (Å²) in [5.74, 6) is -0.519. The van der Waals surface area contributed by atoms with Crippen LogP contribution in [0.1, 0.15) is 23.2 Å². The van der Waals surface area contributed by atoms with Crippen molar-refractivity contribution in [3.63, 3.8) is 0 Å². The Morgan fingerprint density at radius 3 is 2.87 bits per heavy atom. The summed E-state index contributed by atoms with van der Waals surface area (Å²) >= 11 is 0. The molecule has 0 aliphatic carbocycles. The summed E-state index contributed by atoms with van der Waals surface area (Å²) in [6, 6.07) is 13.0. The van der Waals surface area contributed by atoms with E-state index in [9.17, 15) is 9.18 Å². The van der Waals surface area contributed by atoms with E-state index in [1.54, 1.807) is 22.9 Å². The van der Waals surface area contributed by atoms with Gasteiger partial charge in [0.1, 0.15) is 11.6 Å². The van der Waals surface area contributed by atoms with Crippen molar-refractivity contribution in [1.29, 1.82) is 5.26 Å². The normalized spacial score (nSPS) is 14.7. The third-order valence-electron chi connectivity index (χ3n) is 5.54. The Labute approximate surface area is 171 Å². The fourth-order valence-corrected chi connectivity index (χ4v) is 4.00. The number of benzene rings is 1. The van der Waals surface area contributed by atoms with Gasteiger partial charge in [-0.05, 0) is 47.9 Å². The van der Waals surface area contributed by atoms with Crippen LogP contribution in [0.4, 0.5) is 4.39 Å². The van der Waals surface area contributed by atoms with Gasteiger partial charge in [-0.15, -0.1) is 0 Å². The predicted molar refractivity (Wildman–Crippen MR) is 112 cm³/mol. The van der Waals surface area contributed by atoms with Gasteiger partial charge in [0, 0.05) is 32.0 Å². The van der Waals surface area contributed by atoms with E-state index in [4.69, 9.17) is 5.26 Å². The Morgan fingerprint density at radius 1 is 1.23 bits per heavy atom. The van der Waals surface area contributed by atoms with E-state index in [2.05, 4.69) is 27.0 Å². The van der Waals surface area contributed by atoms with Gasteiger partial charge < -0.3 is 9.38 Å².